The molecule has 0 N–H and O–H groups in total. The molecule has 3 aromatic heterocycles. The largest absolute Gasteiger partial charge is 2.00 e. The molecule has 0 saturated carbocycles. The molecule has 0 aliphatic carbocycles. The first kappa shape index (κ1) is 26.5. The molecule has 5 heterocycles. The molecule has 41 heavy (non-hydrogen) atoms. The number of fused-ring (bicyclic) bond motifs is 8. The van der Waals surface area contributed by atoms with Crippen LogP contribution in [-0.2, 0) is 22.7 Å². The molecular formula is C33H19F3N4Ni. The molecule has 0 fully saturated rings. The Morgan fingerprint density at radius 1 is 0.537 bits per heavy atom. The Morgan fingerprint density at radius 3 is 1.73 bits per heavy atom. The summed E-state index contributed by atoms with van der Waals surface area (Å²) in [7, 11) is 0. The van der Waals surface area contributed by atoms with Gasteiger partial charge in [0.1, 0.15) is 0 Å². The monoisotopic (exact) mass is 586 g/mol. The number of hydrogen-bond donors (Lipinski definition) is 0. The van der Waals surface area contributed by atoms with E-state index in [1.54, 1.807) is 12.1 Å². The summed E-state index contributed by atoms with van der Waals surface area (Å²) in [6.45, 7) is 0. The summed E-state index contributed by atoms with van der Waals surface area (Å²) in [5, 5.41) is 0. The third-order valence-electron chi connectivity index (χ3n) is 6.84. The molecule has 0 amide bonds. The number of benzene rings is 2. The van der Waals surface area contributed by atoms with Gasteiger partial charge in [0.2, 0.25) is 0 Å². The maximum Gasteiger partial charge on any atom is 2.00 e. The topological polar surface area (TPSA) is 54.0 Å². The first-order chi connectivity index (χ1) is 19.4. The number of aromatic nitrogens is 4. The maximum atomic E-state index is 14.6. The van der Waals surface area contributed by atoms with Gasteiger partial charge in [-0.05, 0) is 46.6 Å². The van der Waals surface area contributed by atoms with Crippen LogP contribution in [0.25, 0.3) is 68.6 Å². The molecule has 0 atom stereocenters. The standard InChI is InChI=1S/C33H19F3N4.Ni/c34-33(35,36)32-28-17-15-26(39-28)30(20-7-3-1-4-8-20)24-13-11-22(37-24)19-23-12-14-25(38-23)31(21-9-5-2-6-10-21)27-16-18-29(32)40-27;/h1-19H;/q-2;+2. The van der Waals surface area contributed by atoms with Crippen molar-refractivity contribution in [1.82, 2.24) is 19.9 Å². The van der Waals surface area contributed by atoms with Gasteiger partial charge in [0.05, 0.1) is 28.3 Å². The first-order valence-electron chi connectivity index (χ1n) is 12.6. The van der Waals surface area contributed by atoms with E-state index in [0.29, 0.717) is 44.8 Å². The predicted octanol–water partition coefficient (Wildman–Crippen LogP) is 8.26. The molecule has 2 aliphatic heterocycles. The molecular weight excluding hydrogens is 568 g/mol. The van der Waals surface area contributed by atoms with E-state index < -0.39 is 11.7 Å². The third-order valence-corrected chi connectivity index (χ3v) is 6.84. The number of rotatable bonds is 2. The Bertz CT molecular complexity index is 1950. The zero-order valence-corrected chi connectivity index (χ0v) is 22.2. The Labute approximate surface area is 243 Å². The number of halogens is 3. The van der Waals surface area contributed by atoms with Crippen molar-refractivity contribution in [2.45, 2.75) is 6.18 Å². The van der Waals surface area contributed by atoms with E-state index in [1.807, 2.05) is 91.0 Å². The average Bonchev–Trinajstić information content (AvgIpc) is 3.76. The van der Waals surface area contributed by atoms with Crippen LogP contribution in [-0.4, -0.2) is 9.97 Å². The Hall–Kier alpha value is -4.68. The van der Waals surface area contributed by atoms with E-state index in [9.17, 15) is 13.2 Å². The van der Waals surface area contributed by atoms with Crippen molar-refractivity contribution in [2.75, 3.05) is 0 Å². The fraction of sp³-hybridized carbons (Fsp3) is 0.0303. The molecule has 0 unspecified atom stereocenters. The summed E-state index contributed by atoms with van der Waals surface area (Å²) in [6, 6.07) is 27.5. The van der Waals surface area contributed by atoms with E-state index in [-0.39, 0.29) is 27.7 Å². The summed E-state index contributed by atoms with van der Waals surface area (Å²) in [4.78, 5) is 18.6. The van der Waals surface area contributed by atoms with Gasteiger partial charge < -0.3 is 9.97 Å². The van der Waals surface area contributed by atoms with Crippen LogP contribution in [0, 0.1) is 0 Å². The van der Waals surface area contributed by atoms with Crippen molar-refractivity contribution >= 4 is 46.4 Å². The van der Waals surface area contributed by atoms with Crippen LogP contribution in [0.1, 0.15) is 28.3 Å². The van der Waals surface area contributed by atoms with E-state index in [4.69, 9.17) is 9.97 Å². The molecule has 202 valence electrons. The molecule has 0 saturated heterocycles. The van der Waals surface area contributed by atoms with Gasteiger partial charge in [-0.15, -0.1) is 22.1 Å². The third kappa shape index (κ3) is 4.92. The van der Waals surface area contributed by atoms with Crippen molar-refractivity contribution in [3.05, 3.63) is 119 Å². The molecule has 2 aromatic carbocycles. The number of hydrogen-bond acceptors (Lipinski definition) is 2. The Morgan fingerprint density at radius 2 is 1.07 bits per heavy atom. The van der Waals surface area contributed by atoms with E-state index in [0.717, 1.165) is 11.1 Å². The van der Waals surface area contributed by atoms with Gasteiger partial charge in [0.15, 0.2) is 0 Å². The zero-order valence-electron chi connectivity index (χ0n) is 21.2. The minimum Gasteiger partial charge on any atom is -0.657 e. The van der Waals surface area contributed by atoms with Gasteiger partial charge in [-0.3, -0.25) is 0 Å². The second-order valence-corrected chi connectivity index (χ2v) is 9.44. The van der Waals surface area contributed by atoms with E-state index in [1.165, 1.54) is 12.1 Å². The maximum absolute atomic E-state index is 14.6. The van der Waals surface area contributed by atoms with E-state index in [2.05, 4.69) is 9.97 Å². The van der Waals surface area contributed by atoms with Crippen LogP contribution in [0.15, 0.2) is 91.0 Å². The SMILES string of the molecule is FC(F)(F)c1c2nc(c(-c3ccccc3)c3ccc(cc4nc(c(-c5ccccc5)c5ccc1[n-]5)C=C4)[n-]3)C=C2.[Ni+2]. The summed E-state index contributed by atoms with van der Waals surface area (Å²) in [6.07, 6.45) is 2.04. The van der Waals surface area contributed by atoms with Gasteiger partial charge in [0.25, 0.3) is 0 Å². The molecule has 8 bridgehead atoms. The summed E-state index contributed by atoms with van der Waals surface area (Å²) in [5.74, 6) is 0. The number of alkyl halides is 3. The smallest absolute Gasteiger partial charge is 0.657 e. The van der Waals surface area contributed by atoms with Crippen molar-refractivity contribution in [3.63, 3.8) is 0 Å². The van der Waals surface area contributed by atoms with Crippen LogP contribution < -0.4 is 9.97 Å². The fourth-order valence-electron chi connectivity index (χ4n) is 5.11. The first-order valence-corrected chi connectivity index (χ1v) is 12.6. The Balaban J connectivity index is 0.00000302. The average molecular weight is 587 g/mol. The molecule has 7 rings (SSSR count). The number of nitrogens with zero attached hydrogens (tertiary/aromatic N) is 4. The summed E-state index contributed by atoms with van der Waals surface area (Å²) >= 11 is 0. The molecule has 0 spiro atoms. The molecule has 2 aliphatic rings. The summed E-state index contributed by atoms with van der Waals surface area (Å²) < 4.78 is 43.8. The van der Waals surface area contributed by atoms with Crippen LogP contribution >= 0.6 is 0 Å². The van der Waals surface area contributed by atoms with E-state index >= 15 is 0 Å². The van der Waals surface area contributed by atoms with Gasteiger partial charge in [0, 0.05) is 0 Å². The fourth-order valence-corrected chi connectivity index (χ4v) is 5.11. The molecule has 4 nitrogen and oxygen atoms in total. The van der Waals surface area contributed by atoms with Crippen LogP contribution in [0.3, 0.4) is 0 Å². The van der Waals surface area contributed by atoms with Crippen molar-refractivity contribution in [1.29, 1.82) is 0 Å². The summed E-state index contributed by atoms with van der Waals surface area (Å²) in [5.41, 5.74) is 5.01. The minimum absolute atomic E-state index is 0. The van der Waals surface area contributed by atoms with Crippen LogP contribution in [0.4, 0.5) is 13.2 Å². The van der Waals surface area contributed by atoms with Crippen molar-refractivity contribution < 1.29 is 29.7 Å². The Kier molecular flexibility index (Phi) is 6.72. The second kappa shape index (κ2) is 10.4. The van der Waals surface area contributed by atoms with Crippen LogP contribution in [0.2, 0.25) is 0 Å². The quantitative estimate of drug-likeness (QED) is 0.191. The second-order valence-electron chi connectivity index (χ2n) is 9.44. The van der Waals surface area contributed by atoms with Crippen LogP contribution in [0.5, 0.6) is 0 Å². The van der Waals surface area contributed by atoms with Crippen molar-refractivity contribution in [2.24, 2.45) is 0 Å². The van der Waals surface area contributed by atoms with Gasteiger partial charge in [-0.25, -0.2) is 9.97 Å². The van der Waals surface area contributed by atoms with Crippen molar-refractivity contribution in [3.8, 4) is 22.3 Å². The minimum atomic E-state index is -4.69. The predicted molar refractivity (Wildman–Crippen MR) is 153 cm³/mol. The van der Waals surface area contributed by atoms with Gasteiger partial charge in [-0.2, -0.15) is 13.2 Å². The van der Waals surface area contributed by atoms with Gasteiger partial charge in [-0.1, -0.05) is 91.0 Å². The van der Waals surface area contributed by atoms with Gasteiger partial charge >= 0.3 is 22.7 Å². The molecule has 8 heteroatoms. The zero-order chi connectivity index (χ0) is 27.3. The molecule has 5 aromatic rings. The molecule has 0 radical (unpaired) electrons. The normalized spacial score (nSPS) is 12.4.